The zero-order chi connectivity index (χ0) is 13.6. The molecule has 0 amide bonds. The van der Waals surface area contributed by atoms with Crippen molar-refractivity contribution in [3.63, 3.8) is 0 Å². The van der Waals surface area contributed by atoms with Gasteiger partial charge in [0.2, 0.25) is 0 Å². The van der Waals surface area contributed by atoms with Gasteiger partial charge in [0.15, 0.2) is 4.34 Å². The van der Waals surface area contributed by atoms with Crippen LogP contribution in [-0.4, -0.2) is 22.2 Å². The van der Waals surface area contributed by atoms with E-state index in [0.29, 0.717) is 6.42 Å². The smallest absolute Gasteiger partial charge is 0.169 e. The standard InChI is InChI=1S/C13H14N4S2/c1-15-13(9-14,11-5-3-2-4-6-11)7-8-18-12-16-10-17-19-12/h2-6,10,15H,7-8H2,1H3. The summed E-state index contributed by atoms with van der Waals surface area (Å²) in [4.78, 5) is 4.13. The van der Waals surface area contributed by atoms with E-state index in [2.05, 4.69) is 20.7 Å². The summed E-state index contributed by atoms with van der Waals surface area (Å²) in [5.74, 6) is 0.818. The zero-order valence-electron chi connectivity index (χ0n) is 10.5. The summed E-state index contributed by atoms with van der Waals surface area (Å²) in [6.07, 6.45) is 2.27. The molecular weight excluding hydrogens is 276 g/mol. The van der Waals surface area contributed by atoms with Gasteiger partial charge in [0.1, 0.15) is 11.9 Å². The third-order valence-corrected chi connectivity index (χ3v) is 4.73. The molecule has 1 aromatic heterocycles. The summed E-state index contributed by atoms with van der Waals surface area (Å²) in [6, 6.07) is 12.2. The minimum Gasteiger partial charge on any atom is -0.299 e. The zero-order valence-corrected chi connectivity index (χ0v) is 12.2. The lowest BCUT2D eigenvalue weighted by Crippen LogP contribution is -2.39. The Kier molecular flexibility index (Phi) is 4.91. The molecule has 1 aromatic carbocycles. The number of nitrogens with zero attached hydrogens (tertiary/aromatic N) is 3. The average molecular weight is 290 g/mol. The van der Waals surface area contributed by atoms with Crippen LogP contribution >= 0.6 is 23.3 Å². The third-order valence-electron chi connectivity index (χ3n) is 2.93. The lowest BCUT2D eigenvalue weighted by molar-refractivity contribution is 0.457. The Balaban J connectivity index is 2.06. The molecule has 0 aliphatic carbocycles. The van der Waals surface area contributed by atoms with Gasteiger partial charge in [0.25, 0.3) is 0 Å². The Morgan fingerprint density at radius 2 is 2.21 bits per heavy atom. The molecule has 1 heterocycles. The minimum absolute atomic E-state index is 0.640. The first-order valence-corrected chi connectivity index (χ1v) is 7.62. The number of nitriles is 1. The number of nitrogens with one attached hydrogen (secondary N) is 1. The van der Waals surface area contributed by atoms with Crippen molar-refractivity contribution in [1.29, 1.82) is 5.26 Å². The van der Waals surface area contributed by atoms with Crippen LogP contribution in [0, 0.1) is 11.3 Å². The summed E-state index contributed by atoms with van der Waals surface area (Å²) in [5, 5.41) is 12.7. The molecule has 0 aliphatic heterocycles. The Morgan fingerprint density at radius 3 is 2.79 bits per heavy atom. The number of benzene rings is 1. The number of thioether (sulfide) groups is 1. The monoisotopic (exact) mass is 290 g/mol. The van der Waals surface area contributed by atoms with Crippen molar-refractivity contribution in [2.75, 3.05) is 12.8 Å². The quantitative estimate of drug-likeness (QED) is 0.829. The van der Waals surface area contributed by atoms with E-state index in [0.717, 1.165) is 15.7 Å². The number of rotatable bonds is 6. The fourth-order valence-electron chi connectivity index (χ4n) is 1.83. The summed E-state index contributed by atoms with van der Waals surface area (Å²) in [7, 11) is 1.83. The van der Waals surface area contributed by atoms with E-state index in [1.54, 1.807) is 18.1 Å². The maximum absolute atomic E-state index is 9.54. The van der Waals surface area contributed by atoms with Crippen molar-refractivity contribution in [1.82, 2.24) is 14.7 Å². The van der Waals surface area contributed by atoms with Gasteiger partial charge in [-0.25, -0.2) is 4.98 Å². The molecule has 6 heteroatoms. The topological polar surface area (TPSA) is 61.6 Å². The van der Waals surface area contributed by atoms with E-state index in [1.165, 1.54) is 11.5 Å². The molecule has 2 rings (SSSR count). The maximum atomic E-state index is 9.54. The second kappa shape index (κ2) is 6.66. The van der Waals surface area contributed by atoms with E-state index in [9.17, 15) is 5.26 Å². The lowest BCUT2D eigenvalue weighted by Gasteiger charge is -2.26. The average Bonchev–Trinajstić information content (AvgIpc) is 2.98. The third kappa shape index (κ3) is 3.32. The fourth-order valence-corrected chi connectivity index (χ4v) is 3.40. The van der Waals surface area contributed by atoms with Crippen molar-refractivity contribution in [2.24, 2.45) is 0 Å². The van der Waals surface area contributed by atoms with Gasteiger partial charge in [-0.2, -0.15) is 9.64 Å². The maximum Gasteiger partial charge on any atom is 0.169 e. The van der Waals surface area contributed by atoms with Crippen LogP contribution in [-0.2, 0) is 5.54 Å². The summed E-state index contributed by atoms with van der Waals surface area (Å²) in [6.45, 7) is 0. The summed E-state index contributed by atoms with van der Waals surface area (Å²) in [5.41, 5.74) is 0.358. The van der Waals surface area contributed by atoms with Crippen molar-refractivity contribution < 1.29 is 0 Å². The fraction of sp³-hybridized carbons (Fsp3) is 0.308. The van der Waals surface area contributed by atoms with Crippen molar-refractivity contribution in [2.45, 2.75) is 16.3 Å². The van der Waals surface area contributed by atoms with Crippen LogP contribution < -0.4 is 5.32 Å². The molecule has 4 nitrogen and oxygen atoms in total. The van der Waals surface area contributed by atoms with E-state index in [4.69, 9.17) is 0 Å². The van der Waals surface area contributed by atoms with Crippen LogP contribution in [0.5, 0.6) is 0 Å². The molecule has 0 spiro atoms. The molecule has 19 heavy (non-hydrogen) atoms. The van der Waals surface area contributed by atoms with Crippen molar-refractivity contribution >= 4 is 23.3 Å². The van der Waals surface area contributed by atoms with Gasteiger partial charge in [0.05, 0.1) is 6.07 Å². The van der Waals surface area contributed by atoms with Crippen LogP contribution in [0.25, 0.3) is 0 Å². The molecule has 0 radical (unpaired) electrons. The van der Waals surface area contributed by atoms with E-state index < -0.39 is 5.54 Å². The number of hydrogen-bond donors (Lipinski definition) is 1. The first-order chi connectivity index (χ1) is 9.30. The lowest BCUT2D eigenvalue weighted by atomic mass is 9.89. The second-order valence-electron chi connectivity index (χ2n) is 3.94. The molecule has 98 valence electrons. The van der Waals surface area contributed by atoms with Crippen LogP contribution in [0.4, 0.5) is 0 Å². The molecule has 0 saturated carbocycles. The highest BCUT2D eigenvalue weighted by atomic mass is 32.2. The Labute approximate surface area is 121 Å². The second-order valence-corrected chi connectivity index (χ2v) is 6.06. The highest BCUT2D eigenvalue weighted by Gasteiger charge is 2.29. The van der Waals surface area contributed by atoms with Crippen LogP contribution in [0.3, 0.4) is 0 Å². The van der Waals surface area contributed by atoms with Gasteiger partial charge in [0, 0.05) is 5.75 Å². The molecule has 0 aliphatic rings. The molecule has 1 unspecified atom stereocenters. The van der Waals surface area contributed by atoms with Gasteiger partial charge in [-0.1, -0.05) is 42.1 Å². The minimum atomic E-state index is -0.640. The molecule has 0 saturated heterocycles. The highest BCUT2D eigenvalue weighted by Crippen LogP contribution is 2.28. The Hall–Kier alpha value is -1.42. The Bertz CT molecular complexity index is 536. The first kappa shape index (κ1) is 14.0. The number of hydrogen-bond acceptors (Lipinski definition) is 6. The predicted molar refractivity (Wildman–Crippen MR) is 78.0 cm³/mol. The van der Waals surface area contributed by atoms with E-state index >= 15 is 0 Å². The van der Waals surface area contributed by atoms with Gasteiger partial charge in [-0.15, -0.1) is 0 Å². The Morgan fingerprint density at radius 1 is 1.42 bits per heavy atom. The molecule has 1 N–H and O–H groups in total. The van der Waals surface area contributed by atoms with Gasteiger partial charge >= 0.3 is 0 Å². The van der Waals surface area contributed by atoms with Gasteiger partial charge in [-0.3, -0.25) is 5.32 Å². The SMILES string of the molecule is CNC(C#N)(CCSc1ncns1)c1ccccc1. The van der Waals surface area contributed by atoms with Crippen LogP contribution in [0.15, 0.2) is 41.0 Å². The first-order valence-electron chi connectivity index (χ1n) is 5.86. The summed E-state index contributed by atoms with van der Waals surface area (Å²) < 4.78 is 4.91. The van der Waals surface area contributed by atoms with Gasteiger partial charge in [-0.05, 0) is 30.6 Å². The molecule has 2 aromatic rings. The molecular formula is C13H14N4S2. The van der Waals surface area contributed by atoms with E-state index in [-0.39, 0.29) is 0 Å². The van der Waals surface area contributed by atoms with Gasteiger partial charge < -0.3 is 0 Å². The number of aromatic nitrogens is 2. The molecule has 0 fully saturated rings. The largest absolute Gasteiger partial charge is 0.299 e. The normalized spacial score (nSPS) is 13.7. The van der Waals surface area contributed by atoms with Crippen LogP contribution in [0.2, 0.25) is 0 Å². The predicted octanol–water partition coefficient (Wildman–Crippen LogP) is 2.66. The van der Waals surface area contributed by atoms with E-state index in [1.807, 2.05) is 37.4 Å². The van der Waals surface area contributed by atoms with Crippen molar-refractivity contribution in [3.8, 4) is 6.07 Å². The molecule has 0 bridgehead atoms. The molecule has 1 atom stereocenters. The summed E-state index contributed by atoms with van der Waals surface area (Å²) >= 11 is 3.02. The van der Waals surface area contributed by atoms with Crippen LogP contribution in [0.1, 0.15) is 12.0 Å². The van der Waals surface area contributed by atoms with Crippen molar-refractivity contribution in [3.05, 3.63) is 42.2 Å². The highest BCUT2D eigenvalue weighted by molar-refractivity contribution is 8.00.